The van der Waals surface area contributed by atoms with Gasteiger partial charge in [-0.15, -0.1) is 0 Å². The number of benzene rings is 1. The summed E-state index contributed by atoms with van der Waals surface area (Å²) in [7, 11) is -4.25. The van der Waals surface area contributed by atoms with Crippen LogP contribution in [-0.4, -0.2) is 32.0 Å². The summed E-state index contributed by atoms with van der Waals surface area (Å²) in [6.45, 7) is 3.57. The Morgan fingerprint density at radius 1 is 1.30 bits per heavy atom. The highest BCUT2D eigenvalue weighted by Gasteiger charge is 2.29. The smallest absolute Gasteiger partial charge is 0.310 e. The van der Waals surface area contributed by atoms with E-state index in [0.29, 0.717) is 10.9 Å². The molecule has 0 amide bonds. The van der Waals surface area contributed by atoms with E-state index in [-0.39, 0.29) is 28.3 Å². The minimum absolute atomic E-state index is 0.116. The van der Waals surface area contributed by atoms with Crippen LogP contribution in [0.25, 0.3) is 5.57 Å². The molecule has 1 aromatic heterocycles. The highest BCUT2D eigenvalue weighted by atomic mass is 35.5. The largest absolute Gasteiger partial charge is 0.466 e. The number of halogens is 2. The summed E-state index contributed by atoms with van der Waals surface area (Å²) < 4.78 is 45.8. The predicted molar refractivity (Wildman–Crippen MR) is 96.0 cm³/mol. The van der Waals surface area contributed by atoms with Gasteiger partial charge in [-0.25, -0.2) is 17.8 Å². The molecule has 2 heterocycles. The Balaban J connectivity index is 2.29. The van der Waals surface area contributed by atoms with Crippen molar-refractivity contribution in [2.75, 3.05) is 6.61 Å². The summed E-state index contributed by atoms with van der Waals surface area (Å²) in [5, 5.41) is 0.556. The number of hydrogen-bond acceptors (Lipinski definition) is 6. The zero-order valence-corrected chi connectivity index (χ0v) is 16.1. The summed E-state index contributed by atoms with van der Waals surface area (Å²) in [6, 6.07) is 4.55. The third kappa shape index (κ3) is 3.59. The molecule has 27 heavy (non-hydrogen) atoms. The summed E-state index contributed by atoms with van der Waals surface area (Å²) in [5.41, 5.74) is 0.406. The van der Waals surface area contributed by atoms with Gasteiger partial charge in [-0.2, -0.15) is 0 Å². The molecule has 6 nitrogen and oxygen atoms in total. The fraction of sp³-hybridized carbons (Fsp3) is 0.278. The zero-order valence-electron chi connectivity index (χ0n) is 14.6. The molecule has 0 fully saturated rings. The lowest BCUT2D eigenvalue weighted by molar-refractivity contribution is -0.141. The highest BCUT2D eigenvalue weighted by molar-refractivity contribution is 7.91. The van der Waals surface area contributed by atoms with Crippen LogP contribution in [0, 0.1) is 5.82 Å². The number of pyridine rings is 1. The van der Waals surface area contributed by atoms with Crippen LogP contribution in [0.3, 0.4) is 0 Å². The number of rotatable bonds is 5. The Bertz CT molecular complexity index is 1130. The molecule has 1 aromatic carbocycles. The molecule has 2 aromatic rings. The van der Waals surface area contributed by atoms with Crippen LogP contribution in [-0.2, 0) is 19.4 Å². The van der Waals surface area contributed by atoms with Crippen molar-refractivity contribution in [3.63, 3.8) is 0 Å². The van der Waals surface area contributed by atoms with E-state index < -0.39 is 32.6 Å². The molecule has 0 radical (unpaired) electrons. The third-order valence-electron chi connectivity index (χ3n) is 4.17. The minimum atomic E-state index is -4.25. The summed E-state index contributed by atoms with van der Waals surface area (Å²) in [4.78, 5) is 19.4. The van der Waals surface area contributed by atoms with Gasteiger partial charge in [0.05, 0.1) is 29.3 Å². The molecular weight excluding hydrogens is 395 g/mol. The first kappa shape index (κ1) is 19.4. The van der Waals surface area contributed by atoms with Crippen LogP contribution in [0.5, 0.6) is 0 Å². The SMILES string of the molecule is CCOC(=O)CC1=c2c(S(=O)(=O)c3ccc(Cl)nc3)c(F)ccc2=NC1C. The first-order chi connectivity index (χ1) is 12.8. The van der Waals surface area contributed by atoms with Crippen LogP contribution in [0.4, 0.5) is 4.39 Å². The molecular formula is C18H16ClFN2O4S. The lowest BCUT2D eigenvalue weighted by atomic mass is 10.0. The number of carbonyl (C=O) groups excluding carboxylic acids is 1. The Morgan fingerprint density at radius 3 is 2.67 bits per heavy atom. The lowest BCUT2D eigenvalue weighted by Gasteiger charge is -2.10. The number of carbonyl (C=O) groups is 1. The quantitative estimate of drug-likeness (QED) is 0.554. The number of ether oxygens (including phenoxy) is 1. The van der Waals surface area contributed by atoms with E-state index in [1.165, 1.54) is 18.2 Å². The van der Waals surface area contributed by atoms with Crippen molar-refractivity contribution in [1.29, 1.82) is 0 Å². The Morgan fingerprint density at radius 2 is 2.04 bits per heavy atom. The molecule has 3 rings (SSSR count). The second kappa shape index (κ2) is 7.36. The van der Waals surface area contributed by atoms with Crippen molar-refractivity contribution < 1.29 is 22.3 Å². The van der Waals surface area contributed by atoms with Gasteiger partial charge in [-0.3, -0.25) is 9.79 Å². The zero-order chi connectivity index (χ0) is 19.8. The standard InChI is InChI=1S/C18H16ClFN2O4S/c1-3-26-16(23)8-12-10(2)22-14-6-5-13(20)18(17(12)14)27(24,25)11-4-7-15(19)21-9-11/h4-7,9-10H,3,8H2,1-2H3. The maximum absolute atomic E-state index is 14.7. The maximum atomic E-state index is 14.7. The fourth-order valence-electron chi connectivity index (χ4n) is 2.97. The molecule has 0 aliphatic carbocycles. The molecule has 1 aliphatic rings. The Kier molecular flexibility index (Phi) is 5.30. The Hall–Kier alpha value is -2.32. The van der Waals surface area contributed by atoms with Gasteiger partial charge in [0.1, 0.15) is 15.9 Å². The van der Waals surface area contributed by atoms with Crippen molar-refractivity contribution in [2.24, 2.45) is 4.99 Å². The van der Waals surface area contributed by atoms with Gasteiger partial charge in [0, 0.05) is 11.4 Å². The van der Waals surface area contributed by atoms with E-state index in [1.54, 1.807) is 13.8 Å². The molecule has 1 atom stereocenters. The molecule has 0 bridgehead atoms. The average molecular weight is 411 g/mol. The van der Waals surface area contributed by atoms with Crippen molar-refractivity contribution >= 4 is 33.0 Å². The van der Waals surface area contributed by atoms with Crippen LogP contribution < -0.4 is 10.6 Å². The second-order valence-corrected chi connectivity index (χ2v) is 8.18. The molecule has 0 saturated heterocycles. The van der Waals surface area contributed by atoms with Gasteiger partial charge >= 0.3 is 5.97 Å². The molecule has 142 valence electrons. The first-order valence-electron chi connectivity index (χ1n) is 8.17. The van der Waals surface area contributed by atoms with E-state index in [1.807, 2.05) is 0 Å². The maximum Gasteiger partial charge on any atom is 0.310 e. The van der Waals surface area contributed by atoms with Gasteiger partial charge < -0.3 is 4.74 Å². The van der Waals surface area contributed by atoms with Gasteiger partial charge in [0.15, 0.2) is 0 Å². The average Bonchev–Trinajstić information content (AvgIpc) is 2.91. The highest BCUT2D eigenvalue weighted by Crippen LogP contribution is 2.23. The van der Waals surface area contributed by atoms with E-state index >= 15 is 0 Å². The van der Waals surface area contributed by atoms with Gasteiger partial charge in [0.25, 0.3) is 0 Å². The van der Waals surface area contributed by atoms with Crippen LogP contribution in [0.15, 0.2) is 45.2 Å². The number of hydrogen-bond donors (Lipinski definition) is 0. The second-order valence-electron chi connectivity index (χ2n) is 5.90. The van der Waals surface area contributed by atoms with Crippen LogP contribution in [0.2, 0.25) is 5.15 Å². The number of aromatic nitrogens is 1. The minimum Gasteiger partial charge on any atom is -0.466 e. The van der Waals surface area contributed by atoms with E-state index in [2.05, 4.69) is 9.98 Å². The predicted octanol–water partition coefficient (Wildman–Crippen LogP) is 1.83. The number of esters is 1. The van der Waals surface area contributed by atoms with Gasteiger partial charge in [0.2, 0.25) is 9.84 Å². The molecule has 1 unspecified atom stereocenters. The third-order valence-corrected chi connectivity index (χ3v) is 6.19. The number of sulfone groups is 1. The van der Waals surface area contributed by atoms with Gasteiger partial charge in [-0.05, 0) is 43.7 Å². The number of fused-ring (bicyclic) bond motifs is 1. The van der Waals surface area contributed by atoms with E-state index in [9.17, 15) is 17.6 Å². The molecule has 9 heteroatoms. The summed E-state index contributed by atoms with van der Waals surface area (Å²) in [5.74, 6) is -1.45. The lowest BCUT2D eigenvalue weighted by Crippen LogP contribution is -2.32. The summed E-state index contributed by atoms with van der Waals surface area (Å²) >= 11 is 5.71. The van der Waals surface area contributed by atoms with Crippen LogP contribution in [0.1, 0.15) is 20.3 Å². The van der Waals surface area contributed by atoms with Crippen molar-refractivity contribution in [2.45, 2.75) is 36.1 Å². The summed E-state index contributed by atoms with van der Waals surface area (Å²) in [6.07, 6.45) is 0.896. The van der Waals surface area contributed by atoms with E-state index in [0.717, 1.165) is 12.3 Å². The van der Waals surface area contributed by atoms with Gasteiger partial charge in [-0.1, -0.05) is 11.6 Å². The molecule has 1 aliphatic heterocycles. The van der Waals surface area contributed by atoms with Crippen molar-refractivity contribution in [1.82, 2.24) is 4.98 Å². The molecule has 0 N–H and O–H groups in total. The van der Waals surface area contributed by atoms with E-state index in [4.69, 9.17) is 16.3 Å². The normalized spacial score (nSPS) is 16.0. The first-order valence-corrected chi connectivity index (χ1v) is 10.0. The van der Waals surface area contributed by atoms with Crippen molar-refractivity contribution in [3.8, 4) is 0 Å². The monoisotopic (exact) mass is 410 g/mol. The molecule has 0 saturated carbocycles. The Labute approximate surface area is 160 Å². The number of nitrogens with zero attached hydrogens (tertiary/aromatic N) is 2. The van der Waals surface area contributed by atoms with Crippen LogP contribution >= 0.6 is 11.6 Å². The van der Waals surface area contributed by atoms with Crippen molar-refractivity contribution in [3.05, 3.63) is 52.0 Å². The fourth-order valence-corrected chi connectivity index (χ4v) is 4.58. The molecule has 0 spiro atoms. The topological polar surface area (TPSA) is 85.7 Å².